The van der Waals surface area contributed by atoms with Gasteiger partial charge in [-0.25, -0.2) is 8.42 Å². The molecule has 22 heavy (non-hydrogen) atoms. The van der Waals surface area contributed by atoms with Crippen molar-refractivity contribution >= 4 is 16.0 Å². The van der Waals surface area contributed by atoms with Crippen LogP contribution in [-0.4, -0.2) is 26.1 Å². The van der Waals surface area contributed by atoms with Gasteiger partial charge in [0, 0.05) is 0 Å². The van der Waals surface area contributed by atoms with Gasteiger partial charge < -0.3 is 9.26 Å². The van der Waals surface area contributed by atoms with Crippen LogP contribution in [0.25, 0.3) is 0 Å². The SMILES string of the molecule is Cc1cccc(OC(=O)CNS(=O)(=O)c2c(C)noc2C)c1. The zero-order valence-electron chi connectivity index (χ0n) is 12.4. The smallest absolute Gasteiger partial charge is 0.326 e. The van der Waals surface area contributed by atoms with Crippen LogP contribution in [0.2, 0.25) is 0 Å². The fourth-order valence-corrected chi connectivity index (χ4v) is 3.22. The fraction of sp³-hybridized carbons (Fsp3) is 0.286. The third-order valence-electron chi connectivity index (χ3n) is 2.86. The van der Waals surface area contributed by atoms with Crippen LogP contribution >= 0.6 is 0 Å². The Morgan fingerprint density at radius 2 is 2.05 bits per heavy atom. The summed E-state index contributed by atoms with van der Waals surface area (Å²) in [6.07, 6.45) is 0. The van der Waals surface area contributed by atoms with E-state index < -0.39 is 22.5 Å². The molecule has 1 heterocycles. The van der Waals surface area contributed by atoms with Gasteiger partial charge in [-0.2, -0.15) is 4.72 Å². The number of ether oxygens (including phenoxy) is 1. The summed E-state index contributed by atoms with van der Waals surface area (Å²) in [7, 11) is -3.88. The van der Waals surface area contributed by atoms with Gasteiger partial charge in [0.2, 0.25) is 10.0 Å². The normalized spacial score (nSPS) is 11.4. The molecule has 0 saturated heterocycles. The molecule has 118 valence electrons. The summed E-state index contributed by atoms with van der Waals surface area (Å²) >= 11 is 0. The van der Waals surface area contributed by atoms with E-state index in [-0.39, 0.29) is 16.3 Å². The summed E-state index contributed by atoms with van der Waals surface area (Å²) in [5.74, 6) is -0.181. The second-order valence-electron chi connectivity index (χ2n) is 4.77. The molecule has 0 aliphatic rings. The molecule has 0 unspecified atom stereocenters. The Kier molecular flexibility index (Phi) is 4.62. The molecule has 1 N–H and O–H groups in total. The Morgan fingerprint density at radius 3 is 2.64 bits per heavy atom. The minimum atomic E-state index is -3.88. The summed E-state index contributed by atoms with van der Waals surface area (Å²) in [6.45, 7) is 4.37. The van der Waals surface area contributed by atoms with Crippen LogP contribution in [0.3, 0.4) is 0 Å². The summed E-state index contributed by atoms with van der Waals surface area (Å²) < 4.78 is 36.3. The highest BCUT2D eigenvalue weighted by atomic mass is 32.2. The van der Waals surface area contributed by atoms with Gasteiger partial charge in [0.1, 0.15) is 22.9 Å². The second kappa shape index (κ2) is 6.29. The number of sulfonamides is 1. The Morgan fingerprint density at radius 1 is 1.32 bits per heavy atom. The minimum absolute atomic E-state index is 0.0594. The van der Waals surface area contributed by atoms with Gasteiger partial charge in [-0.05, 0) is 38.5 Å². The molecule has 1 aromatic carbocycles. The number of carbonyl (C=O) groups excluding carboxylic acids is 1. The Balaban J connectivity index is 2.02. The first-order valence-corrected chi connectivity index (χ1v) is 7.98. The first kappa shape index (κ1) is 16.2. The van der Waals surface area contributed by atoms with E-state index in [9.17, 15) is 13.2 Å². The van der Waals surface area contributed by atoms with E-state index in [2.05, 4.69) is 9.88 Å². The molecule has 0 radical (unpaired) electrons. The van der Waals surface area contributed by atoms with Gasteiger partial charge in [-0.1, -0.05) is 17.3 Å². The Hall–Kier alpha value is -2.19. The molecule has 0 amide bonds. The molecule has 2 aromatic rings. The summed E-state index contributed by atoms with van der Waals surface area (Å²) in [6, 6.07) is 6.90. The molecule has 7 nitrogen and oxygen atoms in total. The fourth-order valence-electron chi connectivity index (χ4n) is 1.93. The Labute approximate surface area is 128 Å². The molecule has 0 bridgehead atoms. The van der Waals surface area contributed by atoms with Crippen LogP contribution in [0.5, 0.6) is 5.75 Å². The maximum Gasteiger partial charge on any atom is 0.326 e. The number of carbonyl (C=O) groups is 1. The molecule has 0 saturated carbocycles. The van der Waals surface area contributed by atoms with E-state index in [4.69, 9.17) is 9.26 Å². The molecule has 0 atom stereocenters. The van der Waals surface area contributed by atoms with Crippen LogP contribution in [0.15, 0.2) is 33.7 Å². The predicted octanol–water partition coefficient (Wildman–Crippen LogP) is 1.48. The van der Waals surface area contributed by atoms with Crippen LogP contribution in [0.4, 0.5) is 0 Å². The van der Waals surface area contributed by atoms with E-state index in [1.165, 1.54) is 13.8 Å². The second-order valence-corrected chi connectivity index (χ2v) is 6.47. The molecule has 0 aliphatic heterocycles. The largest absolute Gasteiger partial charge is 0.426 e. The average Bonchev–Trinajstić information content (AvgIpc) is 2.77. The molecule has 1 aromatic heterocycles. The quantitative estimate of drug-likeness (QED) is 0.661. The van der Waals surface area contributed by atoms with Crippen molar-refractivity contribution in [2.45, 2.75) is 25.7 Å². The number of benzene rings is 1. The first-order chi connectivity index (χ1) is 10.3. The number of hydrogen-bond donors (Lipinski definition) is 1. The third kappa shape index (κ3) is 3.71. The molecule has 2 rings (SSSR count). The maximum absolute atomic E-state index is 12.1. The number of rotatable bonds is 5. The van der Waals surface area contributed by atoms with Crippen molar-refractivity contribution < 1.29 is 22.5 Å². The van der Waals surface area contributed by atoms with Gasteiger partial charge >= 0.3 is 5.97 Å². The molecule has 0 aliphatic carbocycles. The number of nitrogens with one attached hydrogen (secondary N) is 1. The number of aryl methyl sites for hydroxylation is 3. The van der Waals surface area contributed by atoms with Crippen LogP contribution < -0.4 is 9.46 Å². The molecular formula is C14H16N2O5S. The first-order valence-electron chi connectivity index (χ1n) is 6.49. The summed E-state index contributed by atoms with van der Waals surface area (Å²) in [5.41, 5.74) is 1.17. The lowest BCUT2D eigenvalue weighted by atomic mass is 10.2. The molecular weight excluding hydrogens is 308 g/mol. The van der Waals surface area contributed by atoms with Gasteiger partial charge in [-0.3, -0.25) is 4.79 Å². The average molecular weight is 324 g/mol. The molecule has 8 heteroatoms. The number of nitrogens with zero attached hydrogens (tertiary/aromatic N) is 1. The van der Waals surface area contributed by atoms with E-state index >= 15 is 0 Å². The third-order valence-corrected chi connectivity index (χ3v) is 4.51. The zero-order valence-corrected chi connectivity index (χ0v) is 13.2. The number of aromatic nitrogens is 1. The van der Waals surface area contributed by atoms with Crippen molar-refractivity contribution in [1.29, 1.82) is 0 Å². The van der Waals surface area contributed by atoms with Gasteiger partial charge in [0.15, 0.2) is 5.76 Å². The topological polar surface area (TPSA) is 98.5 Å². The van der Waals surface area contributed by atoms with E-state index in [1.54, 1.807) is 18.2 Å². The van der Waals surface area contributed by atoms with Crippen LogP contribution in [0.1, 0.15) is 17.0 Å². The van der Waals surface area contributed by atoms with Crippen LogP contribution in [-0.2, 0) is 14.8 Å². The standard InChI is InChI=1S/C14H16N2O5S/c1-9-5-4-6-12(7-9)20-13(17)8-15-22(18,19)14-10(2)16-21-11(14)3/h4-7,15H,8H2,1-3H3. The van der Waals surface area contributed by atoms with Crippen molar-refractivity contribution in [1.82, 2.24) is 9.88 Å². The number of hydrogen-bond acceptors (Lipinski definition) is 6. The highest BCUT2D eigenvalue weighted by molar-refractivity contribution is 7.89. The van der Waals surface area contributed by atoms with E-state index in [0.717, 1.165) is 5.56 Å². The van der Waals surface area contributed by atoms with Gasteiger partial charge in [0.05, 0.1) is 0 Å². The minimum Gasteiger partial charge on any atom is -0.426 e. The van der Waals surface area contributed by atoms with Crippen molar-refractivity contribution in [2.24, 2.45) is 0 Å². The lowest BCUT2D eigenvalue weighted by Gasteiger charge is -2.07. The van der Waals surface area contributed by atoms with Crippen molar-refractivity contribution in [3.05, 3.63) is 41.3 Å². The van der Waals surface area contributed by atoms with Crippen LogP contribution in [0, 0.1) is 20.8 Å². The summed E-state index contributed by atoms with van der Waals surface area (Å²) in [5, 5.41) is 3.58. The molecule has 0 fully saturated rings. The number of esters is 1. The van der Waals surface area contributed by atoms with Gasteiger partial charge in [0.25, 0.3) is 0 Å². The molecule has 0 spiro atoms. The van der Waals surface area contributed by atoms with Crippen molar-refractivity contribution in [2.75, 3.05) is 6.54 Å². The van der Waals surface area contributed by atoms with Crippen molar-refractivity contribution in [3.63, 3.8) is 0 Å². The van der Waals surface area contributed by atoms with E-state index in [0.29, 0.717) is 5.75 Å². The maximum atomic E-state index is 12.1. The summed E-state index contributed by atoms with van der Waals surface area (Å²) in [4.78, 5) is 11.7. The predicted molar refractivity (Wildman–Crippen MR) is 78.0 cm³/mol. The van der Waals surface area contributed by atoms with Gasteiger partial charge in [-0.15, -0.1) is 0 Å². The zero-order chi connectivity index (χ0) is 16.3. The monoisotopic (exact) mass is 324 g/mol. The Bertz CT molecular complexity index is 776. The lowest BCUT2D eigenvalue weighted by Crippen LogP contribution is -2.32. The highest BCUT2D eigenvalue weighted by Crippen LogP contribution is 2.18. The highest BCUT2D eigenvalue weighted by Gasteiger charge is 2.24. The van der Waals surface area contributed by atoms with E-state index in [1.807, 2.05) is 13.0 Å². The lowest BCUT2D eigenvalue weighted by molar-refractivity contribution is -0.133. The van der Waals surface area contributed by atoms with Crippen molar-refractivity contribution in [3.8, 4) is 5.75 Å².